The van der Waals surface area contributed by atoms with Crippen LogP contribution in [0, 0.1) is 0 Å². The molecule has 0 aromatic heterocycles. The minimum atomic E-state index is -0.563. The number of benzene rings is 1. The van der Waals surface area contributed by atoms with E-state index in [9.17, 15) is 9.90 Å². The van der Waals surface area contributed by atoms with Crippen LogP contribution in [0.5, 0.6) is 5.75 Å². The summed E-state index contributed by atoms with van der Waals surface area (Å²) in [7, 11) is 0. The van der Waals surface area contributed by atoms with Crippen molar-refractivity contribution >= 4 is 5.78 Å². The standard InChI is InChI=1S/C17H25NO3/c1-13(19)16-9-5-6-10-17(16)21-12-15(20)11-18-14-7-3-2-4-8-14/h5-6,9-10,14-15,18,20H,2-4,7-8,11-12H2,1H3. The van der Waals surface area contributed by atoms with Crippen LogP contribution in [-0.4, -0.2) is 36.2 Å². The highest BCUT2D eigenvalue weighted by Crippen LogP contribution is 2.19. The minimum absolute atomic E-state index is 0.0274. The van der Waals surface area contributed by atoms with Crippen molar-refractivity contribution in [3.8, 4) is 5.75 Å². The number of nitrogens with one attached hydrogen (secondary N) is 1. The lowest BCUT2D eigenvalue weighted by atomic mass is 9.95. The van der Waals surface area contributed by atoms with E-state index < -0.39 is 6.10 Å². The summed E-state index contributed by atoms with van der Waals surface area (Å²) in [5, 5.41) is 13.4. The summed E-state index contributed by atoms with van der Waals surface area (Å²) < 4.78 is 5.59. The number of aliphatic hydroxyl groups is 1. The molecule has 2 rings (SSSR count). The highest BCUT2D eigenvalue weighted by molar-refractivity contribution is 5.96. The summed E-state index contributed by atoms with van der Waals surface area (Å²) in [6.45, 7) is 2.25. The van der Waals surface area contributed by atoms with Crippen LogP contribution in [0.3, 0.4) is 0 Å². The normalized spacial score (nSPS) is 17.4. The molecule has 1 unspecified atom stereocenters. The molecule has 1 aliphatic carbocycles. The van der Waals surface area contributed by atoms with Crippen molar-refractivity contribution in [3.63, 3.8) is 0 Å². The van der Waals surface area contributed by atoms with Gasteiger partial charge in [-0.1, -0.05) is 31.4 Å². The number of ketones is 1. The Morgan fingerprint density at radius 3 is 2.76 bits per heavy atom. The summed E-state index contributed by atoms with van der Waals surface area (Å²) in [4.78, 5) is 11.5. The second-order valence-electron chi connectivity index (χ2n) is 5.76. The van der Waals surface area contributed by atoms with Gasteiger partial charge in [-0.15, -0.1) is 0 Å². The van der Waals surface area contributed by atoms with Crippen molar-refractivity contribution in [3.05, 3.63) is 29.8 Å². The number of hydrogen-bond donors (Lipinski definition) is 2. The summed E-state index contributed by atoms with van der Waals surface area (Å²) in [6.07, 6.45) is 5.70. The number of carbonyl (C=O) groups is 1. The maximum absolute atomic E-state index is 11.5. The SMILES string of the molecule is CC(=O)c1ccccc1OCC(O)CNC1CCCCC1. The molecule has 1 fully saturated rings. The lowest BCUT2D eigenvalue weighted by molar-refractivity contribution is 0.0957. The summed E-state index contributed by atoms with van der Waals surface area (Å²) in [5.41, 5.74) is 0.560. The molecule has 1 aliphatic rings. The Hall–Kier alpha value is -1.39. The van der Waals surface area contributed by atoms with Crippen molar-refractivity contribution in [2.24, 2.45) is 0 Å². The van der Waals surface area contributed by atoms with Crippen LogP contribution in [0.1, 0.15) is 49.4 Å². The molecule has 4 heteroatoms. The Morgan fingerprint density at radius 1 is 1.33 bits per heavy atom. The second kappa shape index (κ2) is 8.15. The van der Waals surface area contributed by atoms with Crippen LogP contribution in [0.25, 0.3) is 0 Å². The molecule has 1 aromatic carbocycles. The summed E-state index contributed by atoms with van der Waals surface area (Å²) in [5.74, 6) is 0.516. The zero-order valence-electron chi connectivity index (χ0n) is 12.7. The molecule has 0 heterocycles. The van der Waals surface area contributed by atoms with Gasteiger partial charge < -0.3 is 15.2 Å². The largest absolute Gasteiger partial charge is 0.490 e. The van der Waals surface area contributed by atoms with Crippen molar-refractivity contribution in [2.45, 2.75) is 51.2 Å². The fourth-order valence-electron chi connectivity index (χ4n) is 2.74. The van der Waals surface area contributed by atoms with Crippen LogP contribution in [0.2, 0.25) is 0 Å². The Bertz CT molecular complexity index is 455. The highest BCUT2D eigenvalue weighted by atomic mass is 16.5. The molecule has 116 valence electrons. The van der Waals surface area contributed by atoms with E-state index in [0.717, 1.165) is 0 Å². The summed E-state index contributed by atoms with van der Waals surface area (Å²) >= 11 is 0. The monoisotopic (exact) mass is 291 g/mol. The Morgan fingerprint density at radius 2 is 2.05 bits per heavy atom. The van der Waals surface area contributed by atoms with Gasteiger partial charge in [-0.2, -0.15) is 0 Å². The number of Topliss-reactive ketones (excluding diaryl/α,β-unsaturated/α-hetero) is 1. The van der Waals surface area contributed by atoms with Gasteiger partial charge in [0.05, 0.1) is 5.56 Å². The second-order valence-corrected chi connectivity index (χ2v) is 5.76. The van der Waals surface area contributed by atoms with Gasteiger partial charge in [-0.3, -0.25) is 4.79 Å². The van der Waals surface area contributed by atoms with E-state index in [4.69, 9.17) is 4.74 Å². The average Bonchev–Trinajstić information content (AvgIpc) is 2.52. The van der Waals surface area contributed by atoms with Crippen molar-refractivity contribution in [1.82, 2.24) is 5.32 Å². The Labute approximate surface area is 126 Å². The van der Waals surface area contributed by atoms with Gasteiger partial charge in [0.2, 0.25) is 0 Å². The number of rotatable bonds is 7. The molecule has 0 amide bonds. The number of hydrogen-bond acceptors (Lipinski definition) is 4. The lowest BCUT2D eigenvalue weighted by Crippen LogP contribution is -2.39. The van der Waals surface area contributed by atoms with E-state index in [1.54, 1.807) is 12.1 Å². The molecule has 0 spiro atoms. The molecule has 4 nitrogen and oxygen atoms in total. The van der Waals surface area contributed by atoms with Crippen LogP contribution in [-0.2, 0) is 0 Å². The fraction of sp³-hybridized carbons (Fsp3) is 0.588. The zero-order valence-corrected chi connectivity index (χ0v) is 12.7. The first kappa shape index (κ1) is 16.0. The van der Waals surface area contributed by atoms with Gasteiger partial charge in [0, 0.05) is 12.6 Å². The molecule has 0 aliphatic heterocycles. The van der Waals surface area contributed by atoms with E-state index in [0.29, 0.717) is 23.9 Å². The topological polar surface area (TPSA) is 58.6 Å². The number of carbonyl (C=O) groups excluding carboxylic acids is 1. The molecule has 1 atom stereocenters. The smallest absolute Gasteiger partial charge is 0.163 e. The number of ether oxygens (including phenoxy) is 1. The maximum Gasteiger partial charge on any atom is 0.163 e. The van der Waals surface area contributed by atoms with Gasteiger partial charge in [-0.25, -0.2) is 0 Å². The van der Waals surface area contributed by atoms with Crippen LogP contribution < -0.4 is 10.1 Å². The van der Waals surface area contributed by atoms with Crippen molar-refractivity contribution < 1.29 is 14.6 Å². The predicted octanol–water partition coefficient (Wildman–Crippen LogP) is 2.55. The third-order valence-electron chi connectivity index (χ3n) is 3.94. The highest BCUT2D eigenvalue weighted by Gasteiger charge is 2.15. The first-order chi connectivity index (χ1) is 10.2. The molecule has 1 saturated carbocycles. The van der Waals surface area contributed by atoms with Gasteiger partial charge in [0.15, 0.2) is 5.78 Å². The average molecular weight is 291 g/mol. The van der Waals surface area contributed by atoms with E-state index in [1.807, 2.05) is 12.1 Å². The minimum Gasteiger partial charge on any atom is -0.490 e. The van der Waals surface area contributed by atoms with Gasteiger partial charge in [0.1, 0.15) is 18.5 Å². The first-order valence-corrected chi connectivity index (χ1v) is 7.81. The predicted molar refractivity (Wildman–Crippen MR) is 82.8 cm³/mol. The van der Waals surface area contributed by atoms with Crippen LogP contribution in [0.4, 0.5) is 0 Å². The van der Waals surface area contributed by atoms with Gasteiger partial charge in [-0.05, 0) is 31.9 Å². The third kappa shape index (κ3) is 5.14. The van der Waals surface area contributed by atoms with Crippen molar-refractivity contribution in [2.75, 3.05) is 13.2 Å². The third-order valence-corrected chi connectivity index (χ3v) is 3.94. The molecular formula is C17H25NO3. The quantitative estimate of drug-likeness (QED) is 0.758. The zero-order chi connectivity index (χ0) is 15.1. The molecule has 0 radical (unpaired) electrons. The van der Waals surface area contributed by atoms with Gasteiger partial charge in [0.25, 0.3) is 0 Å². The maximum atomic E-state index is 11.5. The van der Waals surface area contributed by atoms with Crippen LogP contribution >= 0.6 is 0 Å². The number of para-hydroxylation sites is 1. The molecule has 1 aromatic rings. The van der Waals surface area contributed by atoms with Crippen LogP contribution in [0.15, 0.2) is 24.3 Å². The lowest BCUT2D eigenvalue weighted by Gasteiger charge is -2.24. The molecule has 2 N–H and O–H groups in total. The Balaban J connectivity index is 1.75. The molecule has 0 bridgehead atoms. The van der Waals surface area contributed by atoms with E-state index >= 15 is 0 Å². The van der Waals surface area contributed by atoms with E-state index in [2.05, 4.69) is 5.32 Å². The Kier molecular flexibility index (Phi) is 6.21. The molecule has 0 saturated heterocycles. The van der Waals surface area contributed by atoms with E-state index in [1.165, 1.54) is 39.0 Å². The molecule has 21 heavy (non-hydrogen) atoms. The van der Waals surface area contributed by atoms with Crippen molar-refractivity contribution in [1.29, 1.82) is 0 Å². The van der Waals surface area contributed by atoms with E-state index in [-0.39, 0.29) is 12.4 Å². The fourth-order valence-corrected chi connectivity index (χ4v) is 2.74. The number of aliphatic hydroxyl groups excluding tert-OH is 1. The first-order valence-electron chi connectivity index (χ1n) is 7.81. The summed E-state index contributed by atoms with van der Waals surface area (Å²) in [6, 6.07) is 7.67. The molecular weight excluding hydrogens is 266 g/mol. The van der Waals surface area contributed by atoms with Gasteiger partial charge >= 0.3 is 0 Å².